The van der Waals surface area contributed by atoms with Crippen molar-refractivity contribution in [3.8, 4) is 0 Å². The molecule has 1 aliphatic carbocycles. The first-order chi connectivity index (χ1) is 10.1. The van der Waals surface area contributed by atoms with Crippen LogP contribution in [0.2, 0.25) is 0 Å². The van der Waals surface area contributed by atoms with E-state index in [1.54, 1.807) is 11.3 Å². The van der Waals surface area contributed by atoms with Gasteiger partial charge in [0.05, 0.1) is 17.2 Å². The number of thiazole rings is 1. The number of aliphatic hydroxyl groups is 1. The van der Waals surface area contributed by atoms with Gasteiger partial charge in [0, 0.05) is 30.6 Å². The van der Waals surface area contributed by atoms with Crippen molar-refractivity contribution >= 4 is 17.3 Å². The summed E-state index contributed by atoms with van der Waals surface area (Å²) >= 11 is 1.73. The maximum atomic E-state index is 10.3. The molecule has 118 valence electrons. The topological polar surface area (TPSA) is 69.5 Å². The second kappa shape index (κ2) is 7.75. The van der Waals surface area contributed by atoms with Gasteiger partial charge < -0.3 is 15.7 Å². The largest absolute Gasteiger partial charge is 0.388 e. The first kappa shape index (κ1) is 16.2. The molecule has 3 N–H and O–H groups in total. The van der Waals surface area contributed by atoms with Gasteiger partial charge in [-0.15, -0.1) is 11.3 Å². The van der Waals surface area contributed by atoms with Gasteiger partial charge >= 0.3 is 0 Å². The van der Waals surface area contributed by atoms with Gasteiger partial charge in [-0.25, -0.2) is 4.98 Å². The van der Waals surface area contributed by atoms with Crippen molar-refractivity contribution in [1.29, 1.82) is 0 Å². The molecule has 0 bridgehead atoms. The summed E-state index contributed by atoms with van der Waals surface area (Å²) in [6.45, 7) is 6.23. The molecule has 0 aromatic carbocycles. The highest BCUT2D eigenvalue weighted by atomic mass is 32.1. The third-order valence-corrected chi connectivity index (χ3v) is 4.68. The van der Waals surface area contributed by atoms with E-state index in [1.165, 1.54) is 4.88 Å². The van der Waals surface area contributed by atoms with E-state index in [9.17, 15) is 5.11 Å². The van der Waals surface area contributed by atoms with Gasteiger partial charge in [0.2, 0.25) is 0 Å². The Kier molecular flexibility index (Phi) is 5.99. The Morgan fingerprint density at radius 3 is 2.81 bits per heavy atom. The van der Waals surface area contributed by atoms with Crippen LogP contribution in [0.4, 0.5) is 0 Å². The fraction of sp³-hybridized carbons (Fsp3) is 0.733. The van der Waals surface area contributed by atoms with Crippen LogP contribution in [0.5, 0.6) is 0 Å². The Bertz CT molecular complexity index is 466. The highest BCUT2D eigenvalue weighted by Crippen LogP contribution is 2.29. The predicted molar refractivity (Wildman–Crippen MR) is 88.0 cm³/mol. The Morgan fingerprint density at radius 2 is 2.19 bits per heavy atom. The molecule has 5 nitrogen and oxygen atoms in total. The third kappa shape index (κ3) is 5.28. The fourth-order valence-corrected chi connectivity index (χ4v) is 3.35. The summed E-state index contributed by atoms with van der Waals surface area (Å²) in [5.74, 6) is 0.783. The average molecular weight is 310 g/mol. The van der Waals surface area contributed by atoms with Gasteiger partial charge in [0.1, 0.15) is 0 Å². The van der Waals surface area contributed by atoms with Crippen molar-refractivity contribution < 1.29 is 5.11 Å². The van der Waals surface area contributed by atoms with Crippen LogP contribution < -0.4 is 10.6 Å². The standard InChI is InChI=1S/C15H26N4OS/c1-3-16-14(19-11-15(20)7-4-5-8-15)17-9-6-13-18-10-12(2)21-13/h10,20H,3-9,11H2,1-2H3,(H2,16,17,19). The highest BCUT2D eigenvalue weighted by Gasteiger charge is 2.30. The molecule has 1 heterocycles. The molecule has 1 aliphatic rings. The highest BCUT2D eigenvalue weighted by molar-refractivity contribution is 7.11. The summed E-state index contributed by atoms with van der Waals surface area (Å²) in [7, 11) is 0. The summed E-state index contributed by atoms with van der Waals surface area (Å²) in [5.41, 5.74) is -0.589. The maximum absolute atomic E-state index is 10.3. The number of nitrogens with one attached hydrogen (secondary N) is 2. The number of hydrogen-bond acceptors (Lipinski definition) is 4. The zero-order valence-electron chi connectivity index (χ0n) is 13.0. The molecule has 1 aromatic heterocycles. The van der Waals surface area contributed by atoms with Gasteiger partial charge in [-0.05, 0) is 26.7 Å². The second-order valence-corrected chi connectivity index (χ2v) is 6.99. The molecule has 0 aliphatic heterocycles. The summed E-state index contributed by atoms with van der Waals surface area (Å²) in [6, 6.07) is 0. The number of hydrogen-bond donors (Lipinski definition) is 3. The molecule has 21 heavy (non-hydrogen) atoms. The minimum absolute atomic E-state index is 0.485. The van der Waals surface area contributed by atoms with Crippen LogP contribution in [0.3, 0.4) is 0 Å². The van der Waals surface area contributed by atoms with Crippen molar-refractivity contribution in [3.63, 3.8) is 0 Å². The lowest BCUT2D eigenvalue weighted by Gasteiger charge is -2.20. The van der Waals surface area contributed by atoms with Crippen molar-refractivity contribution in [3.05, 3.63) is 16.1 Å². The SMILES string of the molecule is CCNC(=NCC1(O)CCCC1)NCCc1ncc(C)s1. The molecule has 1 aromatic rings. The van der Waals surface area contributed by atoms with E-state index in [2.05, 4.69) is 27.5 Å². The van der Waals surface area contributed by atoms with E-state index in [1.807, 2.05) is 13.1 Å². The van der Waals surface area contributed by atoms with Crippen molar-refractivity contribution in [2.75, 3.05) is 19.6 Å². The normalized spacial score (nSPS) is 18.0. The Labute approximate surface area is 130 Å². The number of nitrogens with zero attached hydrogens (tertiary/aromatic N) is 2. The minimum Gasteiger partial charge on any atom is -0.388 e. The molecule has 1 fully saturated rings. The zero-order chi connectivity index (χ0) is 15.1. The number of aromatic nitrogens is 1. The van der Waals surface area contributed by atoms with Crippen molar-refractivity contribution in [1.82, 2.24) is 15.6 Å². The van der Waals surface area contributed by atoms with Crippen LogP contribution >= 0.6 is 11.3 Å². The molecular weight excluding hydrogens is 284 g/mol. The van der Waals surface area contributed by atoms with Crippen LogP contribution in [-0.2, 0) is 6.42 Å². The van der Waals surface area contributed by atoms with E-state index in [4.69, 9.17) is 0 Å². The molecule has 0 unspecified atom stereocenters. The lowest BCUT2D eigenvalue weighted by molar-refractivity contribution is 0.0574. The monoisotopic (exact) mass is 310 g/mol. The Hall–Kier alpha value is -1.14. The molecule has 0 saturated heterocycles. The van der Waals surface area contributed by atoms with E-state index in [0.717, 1.165) is 56.2 Å². The van der Waals surface area contributed by atoms with Gasteiger partial charge in [-0.3, -0.25) is 4.99 Å². The first-order valence-corrected chi connectivity index (χ1v) is 8.59. The smallest absolute Gasteiger partial charge is 0.191 e. The van der Waals surface area contributed by atoms with Gasteiger partial charge in [0.25, 0.3) is 0 Å². The van der Waals surface area contributed by atoms with E-state index in [0.29, 0.717) is 6.54 Å². The number of guanidine groups is 1. The second-order valence-electron chi connectivity index (χ2n) is 5.67. The Balaban J connectivity index is 1.80. The quantitative estimate of drug-likeness (QED) is 0.554. The third-order valence-electron chi connectivity index (χ3n) is 3.71. The molecule has 0 atom stereocenters. The Morgan fingerprint density at radius 1 is 1.43 bits per heavy atom. The van der Waals surface area contributed by atoms with Crippen molar-refractivity contribution in [2.45, 2.75) is 51.6 Å². The molecule has 6 heteroatoms. The van der Waals surface area contributed by atoms with E-state index in [-0.39, 0.29) is 0 Å². The molecule has 0 amide bonds. The number of rotatable bonds is 6. The predicted octanol–water partition coefficient (Wildman–Crippen LogP) is 1.85. The van der Waals surface area contributed by atoms with Gasteiger partial charge in [-0.2, -0.15) is 0 Å². The van der Waals surface area contributed by atoms with E-state index >= 15 is 0 Å². The minimum atomic E-state index is -0.589. The molecule has 2 rings (SSSR count). The number of aryl methyl sites for hydroxylation is 1. The fourth-order valence-electron chi connectivity index (χ4n) is 2.56. The number of aliphatic imine (C=N–C) groups is 1. The van der Waals surface area contributed by atoms with Gasteiger partial charge in [0.15, 0.2) is 5.96 Å². The summed E-state index contributed by atoms with van der Waals surface area (Å²) in [6.07, 6.45) is 6.77. The summed E-state index contributed by atoms with van der Waals surface area (Å²) in [4.78, 5) is 10.1. The average Bonchev–Trinajstić information content (AvgIpc) is 3.06. The van der Waals surface area contributed by atoms with Crippen LogP contribution in [0, 0.1) is 6.92 Å². The maximum Gasteiger partial charge on any atom is 0.191 e. The first-order valence-electron chi connectivity index (χ1n) is 7.77. The lowest BCUT2D eigenvalue weighted by atomic mass is 10.0. The summed E-state index contributed by atoms with van der Waals surface area (Å²) in [5, 5.41) is 18.0. The molecule has 1 saturated carbocycles. The van der Waals surface area contributed by atoms with Crippen molar-refractivity contribution in [2.24, 2.45) is 4.99 Å². The van der Waals surface area contributed by atoms with Crippen LogP contribution in [0.15, 0.2) is 11.2 Å². The lowest BCUT2D eigenvalue weighted by Crippen LogP contribution is -2.40. The summed E-state index contributed by atoms with van der Waals surface area (Å²) < 4.78 is 0. The van der Waals surface area contributed by atoms with Crippen LogP contribution in [0.25, 0.3) is 0 Å². The zero-order valence-corrected chi connectivity index (χ0v) is 13.8. The van der Waals surface area contributed by atoms with E-state index < -0.39 is 5.60 Å². The van der Waals surface area contributed by atoms with Crippen LogP contribution in [-0.4, -0.2) is 41.3 Å². The molecular formula is C15H26N4OS. The van der Waals surface area contributed by atoms with Crippen LogP contribution in [0.1, 0.15) is 42.5 Å². The molecule has 0 radical (unpaired) electrons. The molecule has 0 spiro atoms. The van der Waals surface area contributed by atoms with Gasteiger partial charge in [-0.1, -0.05) is 12.8 Å².